The summed E-state index contributed by atoms with van der Waals surface area (Å²) in [6.45, 7) is 0.302. The number of H-pyrrole nitrogens is 1. The summed E-state index contributed by atoms with van der Waals surface area (Å²) in [4.78, 5) is 20.7. The van der Waals surface area contributed by atoms with Crippen molar-refractivity contribution >= 4 is 39.1 Å². The monoisotopic (exact) mass is 350 g/mol. The molecule has 0 aliphatic heterocycles. The second-order valence-electron chi connectivity index (χ2n) is 5.76. The van der Waals surface area contributed by atoms with Gasteiger partial charge < -0.3 is 4.98 Å². The van der Waals surface area contributed by atoms with Crippen LogP contribution in [0.25, 0.3) is 21.7 Å². The number of hydrogen-bond acceptors (Lipinski definition) is 4. The molecular formula is C19H15ClN4O. The Kier molecular flexibility index (Phi) is 3.97. The Hall–Kier alpha value is -2.73. The minimum Gasteiger partial charge on any atom is -0.352 e. The minimum atomic E-state index is -0.0682. The fraction of sp³-hybridized carbons (Fsp3) is 0.0526. The average Bonchev–Trinajstić information content (AvgIpc) is 3.00. The lowest BCUT2D eigenvalue weighted by Gasteiger charge is -2.04. The third kappa shape index (κ3) is 2.68. The zero-order valence-electron chi connectivity index (χ0n) is 13.2. The molecule has 0 fully saturated rings. The van der Waals surface area contributed by atoms with Crippen LogP contribution in [0.15, 0.2) is 54.7 Å². The number of nitrogens with two attached hydrogens (primary N) is 1. The number of carbonyl (C=O) groups is 1. The van der Waals surface area contributed by atoms with Gasteiger partial charge in [0.25, 0.3) is 0 Å². The molecule has 0 radical (unpaired) electrons. The van der Waals surface area contributed by atoms with E-state index in [2.05, 4.69) is 15.4 Å². The maximum Gasteiger partial charge on any atom is 0.195 e. The minimum absolute atomic E-state index is 0.0682. The molecule has 2 aromatic carbocycles. The van der Waals surface area contributed by atoms with Gasteiger partial charge in [0.15, 0.2) is 5.78 Å². The van der Waals surface area contributed by atoms with Crippen molar-refractivity contribution in [2.45, 2.75) is 6.54 Å². The van der Waals surface area contributed by atoms with Crippen LogP contribution < -0.4 is 11.3 Å². The highest BCUT2D eigenvalue weighted by Crippen LogP contribution is 2.31. The number of benzene rings is 2. The predicted octanol–water partition coefficient (Wildman–Crippen LogP) is 3.56. The van der Waals surface area contributed by atoms with Crippen molar-refractivity contribution in [3.05, 3.63) is 76.7 Å². The van der Waals surface area contributed by atoms with Crippen molar-refractivity contribution in [3.8, 4) is 0 Å². The quantitative estimate of drug-likeness (QED) is 0.227. The van der Waals surface area contributed by atoms with Gasteiger partial charge in [0.1, 0.15) is 5.15 Å². The first-order valence-electron chi connectivity index (χ1n) is 7.81. The fourth-order valence-corrected chi connectivity index (χ4v) is 3.26. The van der Waals surface area contributed by atoms with Gasteiger partial charge in [-0.15, -0.1) is 0 Å². The lowest BCUT2D eigenvalue weighted by atomic mass is 9.99. The first-order valence-corrected chi connectivity index (χ1v) is 8.19. The van der Waals surface area contributed by atoms with Crippen LogP contribution in [0.3, 0.4) is 0 Å². The highest BCUT2D eigenvalue weighted by atomic mass is 35.5. The van der Waals surface area contributed by atoms with Crippen LogP contribution in [-0.4, -0.2) is 15.8 Å². The Morgan fingerprint density at radius 3 is 2.72 bits per heavy atom. The molecule has 0 saturated heterocycles. The summed E-state index contributed by atoms with van der Waals surface area (Å²) in [6.07, 6.45) is 1.82. The van der Waals surface area contributed by atoms with Crippen LogP contribution in [0.1, 0.15) is 21.6 Å². The molecule has 0 aliphatic carbocycles. The molecule has 0 amide bonds. The summed E-state index contributed by atoms with van der Waals surface area (Å²) in [5.41, 5.74) is 5.17. The van der Waals surface area contributed by atoms with Crippen molar-refractivity contribution in [2.75, 3.05) is 0 Å². The van der Waals surface area contributed by atoms with Gasteiger partial charge in [-0.25, -0.2) is 4.98 Å². The van der Waals surface area contributed by atoms with Gasteiger partial charge in [-0.3, -0.25) is 16.1 Å². The largest absolute Gasteiger partial charge is 0.352 e. The number of hydrazine groups is 1. The van der Waals surface area contributed by atoms with Crippen molar-refractivity contribution in [3.63, 3.8) is 0 Å². The number of ketones is 1. The number of carbonyl (C=O) groups excluding carboxylic acids is 1. The predicted molar refractivity (Wildman–Crippen MR) is 99.5 cm³/mol. The van der Waals surface area contributed by atoms with E-state index in [1.54, 1.807) is 12.1 Å². The van der Waals surface area contributed by atoms with Gasteiger partial charge in [-0.05, 0) is 6.07 Å². The molecule has 5 nitrogen and oxygen atoms in total. The van der Waals surface area contributed by atoms with Gasteiger partial charge in [0.05, 0.1) is 23.3 Å². The fourth-order valence-electron chi connectivity index (χ4n) is 3.10. The van der Waals surface area contributed by atoms with Crippen LogP contribution in [0.5, 0.6) is 0 Å². The molecule has 2 heterocycles. The third-order valence-electron chi connectivity index (χ3n) is 4.22. The van der Waals surface area contributed by atoms with Gasteiger partial charge in [0, 0.05) is 27.9 Å². The molecule has 0 bridgehead atoms. The molecule has 2 aromatic heterocycles. The Balaban J connectivity index is 2.02. The summed E-state index contributed by atoms with van der Waals surface area (Å²) < 4.78 is 0. The van der Waals surface area contributed by atoms with Crippen LogP contribution in [0.2, 0.25) is 5.15 Å². The SMILES string of the molecule is NNCc1nc2c(ccc3c[nH]c(Cl)cc32)c1C(=O)c1ccccc1. The van der Waals surface area contributed by atoms with Gasteiger partial charge in [0.2, 0.25) is 0 Å². The molecule has 4 aromatic rings. The first-order chi connectivity index (χ1) is 12.2. The summed E-state index contributed by atoms with van der Waals surface area (Å²) >= 11 is 6.10. The molecular weight excluding hydrogens is 336 g/mol. The van der Waals surface area contributed by atoms with E-state index in [0.29, 0.717) is 28.5 Å². The molecule has 0 atom stereocenters. The molecule has 124 valence electrons. The second-order valence-corrected chi connectivity index (χ2v) is 6.16. The van der Waals surface area contributed by atoms with Crippen molar-refractivity contribution in [2.24, 2.45) is 5.84 Å². The van der Waals surface area contributed by atoms with E-state index in [4.69, 9.17) is 17.4 Å². The van der Waals surface area contributed by atoms with E-state index in [9.17, 15) is 4.79 Å². The Bertz CT molecular complexity index is 1090. The summed E-state index contributed by atoms with van der Waals surface area (Å²) in [5.74, 6) is 5.43. The lowest BCUT2D eigenvalue weighted by molar-refractivity contribution is 0.103. The Morgan fingerprint density at radius 2 is 1.96 bits per heavy atom. The maximum atomic E-state index is 13.1. The number of pyridine rings is 1. The highest BCUT2D eigenvalue weighted by molar-refractivity contribution is 6.30. The van der Waals surface area contributed by atoms with E-state index >= 15 is 0 Å². The number of aromatic nitrogens is 2. The maximum absolute atomic E-state index is 13.1. The van der Waals surface area contributed by atoms with E-state index < -0.39 is 0 Å². The number of nitrogens with one attached hydrogen (secondary N) is 2. The smallest absolute Gasteiger partial charge is 0.195 e. The average molecular weight is 351 g/mol. The van der Waals surface area contributed by atoms with Crippen LogP contribution in [0, 0.1) is 0 Å². The van der Waals surface area contributed by atoms with Crippen LogP contribution >= 0.6 is 11.6 Å². The molecule has 25 heavy (non-hydrogen) atoms. The van der Waals surface area contributed by atoms with Crippen LogP contribution in [0.4, 0.5) is 0 Å². The number of aromatic amines is 1. The van der Waals surface area contributed by atoms with Gasteiger partial charge >= 0.3 is 0 Å². The van der Waals surface area contributed by atoms with E-state index in [1.807, 2.05) is 42.6 Å². The number of rotatable bonds is 4. The van der Waals surface area contributed by atoms with E-state index in [-0.39, 0.29) is 5.78 Å². The normalized spacial score (nSPS) is 11.3. The standard InChI is InChI=1S/C19H15ClN4O/c20-16-8-14-12(9-22-16)6-7-13-17(15(10-23-21)24-18(13)14)19(25)11-4-2-1-3-5-11/h1-9,22-23H,10,21H2. The van der Waals surface area contributed by atoms with Crippen molar-refractivity contribution < 1.29 is 4.79 Å². The third-order valence-corrected chi connectivity index (χ3v) is 4.44. The van der Waals surface area contributed by atoms with E-state index in [1.165, 1.54) is 0 Å². The number of fused-ring (bicyclic) bond motifs is 3. The Labute approximate surface area is 148 Å². The van der Waals surface area contributed by atoms with Crippen LogP contribution in [-0.2, 0) is 6.54 Å². The summed E-state index contributed by atoms with van der Waals surface area (Å²) in [6, 6.07) is 14.9. The number of hydrogen-bond donors (Lipinski definition) is 3. The van der Waals surface area contributed by atoms with Gasteiger partial charge in [-0.1, -0.05) is 54.1 Å². The molecule has 0 spiro atoms. The second kappa shape index (κ2) is 6.29. The molecule has 0 saturated carbocycles. The summed E-state index contributed by atoms with van der Waals surface area (Å²) in [5, 5.41) is 3.18. The topological polar surface area (TPSA) is 83.8 Å². The van der Waals surface area contributed by atoms with E-state index in [0.717, 1.165) is 21.7 Å². The van der Waals surface area contributed by atoms with Crippen molar-refractivity contribution in [1.29, 1.82) is 0 Å². The molecule has 0 unspecified atom stereocenters. The molecule has 6 heteroatoms. The molecule has 0 aliphatic rings. The highest BCUT2D eigenvalue weighted by Gasteiger charge is 2.21. The molecule has 4 N–H and O–H groups in total. The number of halogens is 1. The zero-order valence-corrected chi connectivity index (χ0v) is 14.0. The number of nitrogens with zero attached hydrogens (tertiary/aromatic N) is 1. The zero-order chi connectivity index (χ0) is 17.4. The molecule has 4 rings (SSSR count). The van der Waals surface area contributed by atoms with Crippen molar-refractivity contribution in [1.82, 2.24) is 15.4 Å². The van der Waals surface area contributed by atoms with Gasteiger partial charge in [-0.2, -0.15) is 0 Å². The summed E-state index contributed by atoms with van der Waals surface area (Å²) in [7, 11) is 0. The Morgan fingerprint density at radius 1 is 1.16 bits per heavy atom. The lowest BCUT2D eigenvalue weighted by Crippen LogP contribution is -2.22. The first kappa shape index (κ1) is 15.8.